The smallest absolute Gasteiger partial charge is 0.225 e. The summed E-state index contributed by atoms with van der Waals surface area (Å²) >= 11 is 0. The summed E-state index contributed by atoms with van der Waals surface area (Å²) in [5, 5.41) is 2.69. The van der Waals surface area contributed by atoms with E-state index in [1.165, 1.54) is 17.2 Å². The largest absolute Gasteiger partial charge is 0.324 e. The van der Waals surface area contributed by atoms with E-state index in [4.69, 9.17) is 0 Å². The molecule has 1 atom stereocenters. The van der Waals surface area contributed by atoms with E-state index in [-0.39, 0.29) is 23.3 Å². The summed E-state index contributed by atoms with van der Waals surface area (Å²) in [5.74, 6) is -0.268. The van der Waals surface area contributed by atoms with Gasteiger partial charge in [0, 0.05) is 6.42 Å². The molecule has 2 aromatic carbocycles. The van der Waals surface area contributed by atoms with Crippen LogP contribution in [-0.2, 0) is 11.2 Å². The number of nitrogens with one attached hydrogen (secondary N) is 1. The number of amides is 1. The SMILES string of the molecule is Cc1ccc(F)c(NC(=O)CC2CCc3ccccc32)c1. The lowest BCUT2D eigenvalue weighted by molar-refractivity contribution is -0.116. The molecule has 0 saturated heterocycles. The Labute approximate surface area is 124 Å². The van der Waals surface area contributed by atoms with Crippen LogP contribution in [0.15, 0.2) is 42.5 Å². The Morgan fingerprint density at radius 1 is 1.29 bits per heavy atom. The third kappa shape index (κ3) is 2.97. The molecule has 0 fully saturated rings. The second-order valence-corrected chi connectivity index (χ2v) is 5.67. The first-order valence-electron chi connectivity index (χ1n) is 7.27. The molecule has 0 aliphatic heterocycles. The number of aryl methyl sites for hydroxylation is 2. The summed E-state index contributed by atoms with van der Waals surface area (Å²) in [7, 11) is 0. The van der Waals surface area contributed by atoms with Crippen molar-refractivity contribution in [3.05, 3.63) is 65.0 Å². The van der Waals surface area contributed by atoms with E-state index in [0.717, 1.165) is 18.4 Å². The second-order valence-electron chi connectivity index (χ2n) is 5.67. The van der Waals surface area contributed by atoms with Crippen LogP contribution in [0.25, 0.3) is 0 Å². The van der Waals surface area contributed by atoms with Gasteiger partial charge in [0.1, 0.15) is 5.82 Å². The number of benzene rings is 2. The normalized spacial score (nSPS) is 16.6. The lowest BCUT2D eigenvalue weighted by atomic mass is 9.97. The fraction of sp³-hybridized carbons (Fsp3) is 0.278. The van der Waals surface area contributed by atoms with Crippen molar-refractivity contribution in [2.24, 2.45) is 0 Å². The lowest BCUT2D eigenvalue weighted by Gasteiger charge is -2.12. The molecule has 0 heterocycles. The number of halogens is 1. The quantitative estimate of drug-likeness (QED) is 0.899. The summed E-state index contributed by atoms with van der Waals surface area (Å²) in [6.45, 7) is 1.88. The maximum absolute atomic E-state index is 13.7. The molecule has 3 rings (SSSR count). The van der Waals surface area contributed by atoms with Gasteiger partial charge in [-0.25, -0.2) is 4.39 Å². The minimum absolute atomic E-state index is 0.124. The molecule has 1 amide bonds. The average molecular weight is 283 g/mol. The molecule has 108 valence electrons. The number of hydrogen-bond acceptors (Lipinski definition) is 1. The first kappa shape index (κ1) is 13.8. The summed E-state index contributed by atoms with van der Waals surface area (Å²) in [6.07, 6.45) is 2.42. The molecule has 2 nitrogen and oxygen atoms in total. The predicted molar refractivity (Wildman–Crippen MR) is 81.9 cm³/mol. The van der Waals surface area contributed by atoms with Crippen molar-refractivity contribution in [3.8, 4) is 0 Å². The van der Waals surface area contributed by atoms with E-state index in [1.807, 2.05) is 19.1 Å². The number of carbonyl (C=O) groups excluding carboxylic acids is 1. The van der Waals surface area contributed by atoms with Gasteiger partial charge in [0.25, 0.3) is 0 Å². The van der Waals surface area contributed by atoms with Crippen molar-refractivity contribution in [3.63, 3.8) is 0 Å². The summed E-state index contributed by atoms with van der Waals surface area (Å²) in [5.41, 5.74) is 3.79. The van der Waals surface area contributed by atoms with Crippen molar-refractivity contribution in [2.75, 3.05) is 5.32 Å². The van der Waals surface area contributed by atoms with Crippen LogP contribution in [0, 0.1) is 12.7 Å². The lowest BCUT2D eigenvalue weighted by Crippen LogP contribution is -2.15. The zero-order valence-electron chi connectivity index (χ0n) is 12.0. The molecular weight excluding hydrogens is 265 g/mol. The molecule has 1 aliphatic carbocycles. The van der Waals surface area contributed by atoms with Gasteiger partial charge in [0.05, 0.1) is 5.69 Å². The molecule has 1 unspecified atom stereocenters. The third-order valence-electron chi connectivity index (χ3n) is 4.08. The topological polar surface area (TPSA) is 29.1 Å². The number of rotatable bonds is 3. The molecule has 0 aromatic heterocycles. The van der Waals surface area contributed by atoms with E-state index < -0.39 is 0 Å². The van der Waals surface area contributed by atoms with Crippen LogP contribution in [0.5, 0.6) is 0 Å². The first-order valence-corrected chi connectivity index (χ1v) is 7.27. The highest BCUT2D eigenvalue weighted by Crippen LogP contribution is 2.35. The Kier molecular flexibility index (Phi) is 3.74. The fourth-order valence-electron chi connectivity index (χ4n) is 3.02. The zero-order valence-corrected chi connectivity index (χ0v) is 12.0. The number of carbonyl (C=O) groups is 1. The molecule has 1 aliphatic rings. The third-order valence-corrected chi connectivity index (χ3v) is 4.08. The van der Waals surface area contributed by atoms with Gasteiger partial charge in [-0.15, -0.1) is 0 Å². The van der Waals surface area contributed by atoms with Crippen LogP contribution in [-0.4, -0.2) is 5.91 Å². The van der Waals surface area contributed by atoms with Gasteiger partial charge in [0.15, 0.2) is 0 Å². The van der Waals surface area contributed by atoms with Crippen LogP contribution in [0.2, 0.25) is 0 Å². The zero-order chi connectivity index (χ0) is 14.8. The van der Waals surface area contributed by atoms with E-state index in [0.29, 0.717) is 6.42 Å². The highest BCUT2D eigenvalue weighted by atomic mass is 19.1. The Hall–Kier alpha value is -2.16. The maximum atomic E-state index is 13.7. The Morgan fingerprint density at radius 2 is 2.10 bits per heavy atom. The highest BCUT2D eigenvalue weighted by molar-refractivity contribution is 5.91. The fourth-order valence-corrected chi connectivity index (χ4v) is 3.02. The average Bonchev–Trinajstić information content (AvgIpc) is 2.86. The molecule has 0 spiro atoms. The van der Waals surface area contributed by atoms with Crippen molar-refractivity contribution in [2.45, 2.75) is 32.1 Å². The standard InChI is InChI=1S/C18H18FNO/c1-12-6-9-16(19)17(10-12)20-18(21)11-14-8-7-13-4-2-3-5-15(13)14/h2-6,9-10,14H,7-8,11H2,1H3,(H,20,21). The monoisotopic (exact) mass is 283 g/mol. The van der Waals surface area contributed by atoms with Crippen molar-refractivity contribution in [1.82, 2.24) is 0 Å². The Bertz CT molecular complexity index is 681. The van der Waals surface area contributed by atoms with Gasteiger partial charge >= 0.3 is 0 Å². The van der Waals surface area contributed by atoms with E-state index in [1.54, 1.807) is 12.1 Å². The minimum atomic E-state index is -0.388. The van der Waals surface area contributed by atoms with E-state index in [9.17, 15) is 9.18 Å². The predicted octanol–water partition coefficient (Wildman–Crippen LogP) is 4.19. The molecular formula is C18H18FNO. The van der Waals surface area contributed by atoms with Gasteiger partial charge < -0.3 is 5.32 Å². The number of fused-ring (bicyclic) bond motifs is 1. The molecule has 0 bridgehead atoms. The number of hydrogen-bond donors (Lipinski definition) is 1. The first-order chi connectivity index (χ1) is 10.1. The van der Waals surface area contributed by atoms with Crippen LogP contribution < -0.4 is 5.32 Å². The van der Waals surface area contributed by atoms with Crippen molar-refractivity contribution >= 4 is 11.6 Å². The molecule has 0 saturated carbocycles. The second kappa shape index (κ2) is 5.68. The Morgan fingerprint density at radius 3 is 2.95 bits per heavy atom. The summed E-state index contributed by atoms with van der Waals surface area (Å²) in [4.78, 5) is 12.2. The highest BCUT2D eigenvalue weighted by Gasteiger charge is 2.24. The van der Waals surface area contributed by atoms with Gasteiger partial charge in [-0.1, -0.05) is 30.3 Å². The molecule has 3 heteroatoms. The summed E-state index contributed by atoms with van der Waals surface area (Å²) in [6, 6.07) is 13.0. The van der Waals surface area contributed by atoms with Crippen LogP contribution in [0.3, 0.4) is 0 Å². The van der Waals surface area contributed by atoms with Crippen molar-refractivity contribution in [1.29, 1.82) is 0 Å². The molecule has 21 heavy (non-hydrogen) atoms. The van der Waals surface area contributed by atoms with E-state index in [2.05, 4.69) is 17.4 Å². The van der Waals surface area contributed by atoms with Crippen LogP contribution >= 0.6 is 0 Å². The van der Waals surface area contributed by atoms with Gasteiger partial charge in [-0.3, -0.25) is 4.79 Å². The molecule has 2 aromatic rings. The van der Waals surface area contributed by atoms with Gasteiger partial charge in [-0.2, -0.15) is 0 Å². The van der Waals surface area contributed by atoms with Crippen LogP contribution in [0.4, 0.5) is 10.1 Å². The Balaban J connectivity index is 1.69. The van der Waals surface area contributed by atoms with Crippen molar-refractivity contribution < 1.29 is 9.18 Å². The van der Waals surface area contributed by atoms with Crippen LogP contribution in [0.1, 0.15) is 35.4 Å². The summed E-state index contributed by atoms with van der Waals surface area (Å²) < 4.78 is 13.7. The molecule has 1 N–H and O–H groups in total. The van der Waals surface area contributed by atoms with Gasteiger partial charge in [0.2, 0.25) is 5.91 Å². The van der Waals surface area contributed by atoms with E-state index >= 15 is 0 Å². The molecule has 0 radical (unpaired) electrons. The maximum Gasteiger partial charge on any atom is 0.225 e. The minimum Gasteiger partial charge on any atom is -0.324 e. The number of anilines is 1. The van der Waals surface area contributed by atoms with Gasteiger partial charge in [-0.05, 0) is 54.5 Å².